The van der Waals surface area contributed by atoms with Crippen LogP contribution in [0.1, 0.15) is 198 Å². The van der Waals surface area contributed by atoms with Gasteiger partial charge in [0.25, 0.3) is 5.78 Å². The summed E-state index contributed by atoms with van der Waals surface area (Å²) in [6.07, 6.45) is 2.31. The molecule has 0 unspecified atom stereocenters. The first-order valence-electron chi connectivity index (χ1n) is 41.4. The van der Waals surface area contributed by atoms with E-state index in [1.54, 1.807) is 54.6 Å². The van der Waals surface area contributed by atoms with Crippen LogP contribution < -0.4 is 16.0 Å². The second-order valence-corrected chi connectivity index (χ2v) is 31.5. The zero-order valence-electron chi connectivity index (χ0n) is 68.5. The number of likely N-dealkylation sites (tertiary alicyclic amines) is 3. The summed E-state index contributed by atoms with van der Waals surface area (Å²) in [5.74, 6) is 0.414. The monoisotopic (exact) mass is 1680 g/mol. The van der Waals surface area contributed by atoms with Gasteiger partial charge in [0, 0.05) is 98.6 Å². The molecule has 3 aliphatic carbocycles. The molecule has 16 rings (SSSR count). The van der Waals surface area contributed by atoms with Crippen LogP contribution in [0.3, 0.4) is 0 Å². The van der Waals surface area contributed by atoms with Crippen molar-refractivity contribution in [3.05, 3.63) is 229 Å². The molecule has 0 spiro atoms. The van der Waals surface area contributed by atoms with Gasteiger partial charge in [-0.1, -0.05) is 98.1 Å². The van der Waals surface area contributed by atoms with Crippen LogP contribution in [0.5, 0.6) is 0 Å². The molecule has 3 saturated heterocycles. The normalized spacial score (nSPS) is 15.8. The maximum absolute atomic E-state index is 13.6. The van der Waals surface area contributed by atoms with Gasteiger partial charge in [-0.2, -0.15) is 39.5 Å². The van der Waals surface area contributed by atoms with E-state index in [2.05, 4.69) is 45.9 Å². The number of fused-ring (bicyclic) bond motifs is 9. The maximum Gasteiger partial charge on any atom is 0.454 e. The molecule has 4 aliphatic heterocycles. The number of Topliss-reactive ketones (excluding diaryl/α,β-unsaturated/α-hetero) is 1. The number of hydrogen-bond acceptors (Lipinski definition) is 22. The molecule has 7 aliphatic rings. The molecular weight excluding hydrogens is 1590 g/mol. The van der Waals surface area contributed by atoms with E-state index in [1.807, 2.05) is 30.3 Å². The van der Waals surface area contributed by atoms with Gasteiger partial charge in [-0.05, 0) is 215 Å². The van der Waals surface area contributed by atoms with E-state index >= 15 is 0 Å². The van der Waals surface area contributed by atoms with Crippen molar-refractivity contribution in [1.29, 1.82) is 0 Å². The average Bonchev–Trinajstić information content (AvgIpc) is 1.58. The van der Waals surface area contributed by atoms with Crippen molar-refractivity contribution in [3.63, 3.8) is 0 Å². The Kier molecular flexibility index (Phi) is 27.3. The molecule has 3 aromatic heterocycles. The maximum atomic E-state index is 13.6. The highest BCUT2D eigenvalue weighted by Gasteiger charge is 2.65. The van der Waals surface area contributed by atoms with Crippen LogP contribution in [-0.4, -0.2) is 199 Å². The number of benzene rings is 6. The molecule has 3 fully saturated rings. The van der Waals surface area contributed by atoms with Gasteiger partial charge >= 0.3 is 42.1 Å². The van der Waals surface area contributed by atoms with Crippen LogP contribution in [0.15, 0.2) is 143 Å². The number of piperidine rings is 3. The fourth-order valence-electron chi connectivity index (χ4n) is 17.0. The van der Waals surface area contributed by atoms with Crippen molar-refractivity contribution < 1.29 is 72.9 Å². The predicted octanol–water partition coefficient (Wildman–Crippen LogP) is 17.0. The third-order valence-corrected chi connectivity index (χ3v) is 23.0. The van der Waals surface area contributed by atoms with Crippen LogP contribution in [0, 0.1) is 0 Å². The number of aromatic nitrogens is 6. The Hall–Kier alpha value is -11.4. The highest BCUT2D eigenvalue weighted by molar-refractivity contribution is 6.05. The Morgan fingerprint density at radius 3 is 1.08 bits per heavy atom. The van der Waals surface area contributed by atoms with E-state index in [0.717, 1.165) is 172 Å². The molecule has 3 N–H and O–H groups in total. The van der Waals surface area contributed by atoms with Gasteiger partial charge in [0.05, 0.1) is 55.1 Å². The van der Waals surface area contributed by atoms with Crippen molar-refractivity contribution in [2.45, 2.75) is 140 Å². The summed E-state index contributed by atoms with van der Waals surface area (Å²) in [5.41, 5.74) is 10.2. The molecule has 0 radical (unpaired) electrons. The fraction of sp³-hybridized carbons (Fsp3) is 0.418. The highest BCUT2D eigenvalue weighted by Crippen LogP contribution is 2.53. The molecule has 0 atom stereocenters. The van der Waals surface area contributed by atoms with E-state index in [0.29, 0.717) is 94.1 Å². The van der Waals surface area contributed by atoms with Crippen LogP contribution in [0.2, 0.25) is 0 Å². The average molecular weight is 1680 g/mol. The first-order valence-corrected chi connectivity index (χ1v) is 41.4. The lowest BCUT2D eigenvalue weighted by Gasteiger charge is -2.26. The van der Waals surface area contributed by atoms with Crippen LogP contribution in [-0.2, 0) is 58.4 Å². The summed E-state index contributed by atoms with van der Waals surface area (Å²) in [6, 6.07) is 34.3. The number of ketones is 1. The Labute approximate surface area is 701 Å². The first kappa shape index (κ1) is 86.9. The lowest BCUT2D eigenvalue weighted by Crippen LogP contribution is -2.31. The minimum absolute atomic E-state index is 0.0115. The van der Waals surface area contributed by atoms with Crippen LogP contribution >= 0.6 is 0 Å². The van der Waals surface area contributed by atoms with Crippen molar-refractivity contribution >= 4 is 46.9 Å². The number of carbonyl (C=O) groups is 4. The summed E-state index contributed by atoms with van der Waals surface area (Å²) in [5, 5.41) is 17.2. The molecule has 22 nitrogen and oxygen atoms in total. The molecule has 9 aromatic rings. The summed E-state index contributed by atoms with van der Waals surface area (Å²) in [7, 11) is 5.19. The molecule has 640 valence electrons. The largest absolute Gasteiger partial charge is 0.465 e. The highest BCUT2D eigenvalue weighted by atomic mass is 19.4. The van der Waals surface area contributed by atoms with Gasteiger partial charge in [-0.3, -0.25) is 9.79 Å². The smallest absolute Gasteiger partial charge is 0.454 e. The van der Waals surface area contributed by atoms with E-state index in [-0.39, 0.29) is 30.4 Å². The number of esters is 3. The second kappa shape index (κ2) is 38.3. The molecule has 0 bridgehead atoms. The van der Waals surface area contributed by atoms with Crippen molar-refractivity contribution in [1.82, 2.24) is 44.6 Å². The van der Waals surface area contributed by atoms with Crippen molar-refractivity contribution in [3.8, 4) is 33.4 Å². The zero-order chi connectivity index (χ0) is 85.9. The third kappa shape index (κ3) is 20.7. The SMILES string of the molecule is CN=C(c1cccc(Cc2nc3c(c(NCCCN4CCCCC4)n2)-c2ccc(C(=O)OC)cc2C3)c1)C(F)(F)F.COC(=O)c1ccc2c(c1)Cc1nc(Cc3cccc(C(=O)C(F)(F)F)c3)nc(NCCCN3CCCCC3)c1-2.COC(=O)c1ccc2c(c1)Cc1nc(Cc3cccc(C4(C(F)(F)F)N=N4)c3)nc(NCCCN3CCCCC3)c1-2. The number of halogens is 9. The molecule has 0 saturated carbocycles. The van der Waals surface area contributed by atoms with Gasteiger partial charge in [0.2, 0.25) is 0 Å². The summed E-state index contributed by atoms with van der Waals surface area (Å²) in [6.45, 7) is 12.0. The molecule has 0 amide bonds. The van der Waals surface area contributed by atoms with Crippen molar-refractivity contribution in [2.75, 3.05) is 123 Å². The summed E-state index contributed by atoms with van der Waals surface area (Å²) in [4.78, 5) is 88.0. The van der Waals surface area contributed by atoms with E-state index in [9.17, 15) is 58.7 Å². The Bertz CT molecular complexity index is 5400. The van der Waals surface area contributed by atoms with Gasteiger partial charge in [0.1, 0.15) is 40.6 Å². The number of nitrogens with zero attached hydrogens (tertiary/aromatic N) is 12. The number of alkyl halides is 9. The quantitative estimate of drug-likeness (QED) is 0.0108. The Balaban J connectivity index is 0.000000149. The second-order valence-electron chi connectivity index (χ2n) is 31.5. The molecule has 31 heteroatoms. The Morgan fingerprint density at radius 2 is 0.754 bits per heavy atom. The van der Waals surface area contributed by atoms with Gasteiger partial charge in [0.15, 0.2) is 0 Å². The topological polar surface area (TPSA) is 256 Å². The number of hydrogen-bond donors (Lipinski definition) is 3. The number of anilines is 3. The summed E-state index contributed by atoms with van der Waals surface area (Å²) >= 11 is 0. The van der Waals surface area contributed by atoms with E-state index < -0.39 is 59.2 Å². The summed E-state index contributed by atoms with van der Waals surface area (Å²) < 4.78 is 135. The van der Waals surface area contributed by atoms with E-state index in [4.69, 9.17) is 44.1 Å². The zero-order valence-corrected chi connectivity index (χ0v) is 68.5. The van der Waals surface area contributed by atoms with Gasteiger partial charge in [-0.25, -0.2) is 44.3 Å². The number of aliphatic imine (C=N–C) groups is 1. The number of ether oxygens (including phenoxy) is 3. The predicted molar refractivity (Wildman–Crippen MR) is 444 cm³/mol. The number of rotatable bonds is 27. The Morgan fingerprint density at radius 1 is 0.410 bits per heavy atom. The molecule has 6 aromatic carbocycles. The molecule has 7 heterocycles. The third-order valence-electron chi connectivity index (χ3n) is 23.0. The number of nitrogens with one attached hydrogen (secondary N) is 3. The number of carbonyl (C=O) groups excluding carboxylic acids is 4. The minimum Gasteiger partial charge on any atom is -0.465 e. The van der Waals surface area contributed by atoms with Gasteiger partial charge in [-0.15, -0.1) is 10.2 Å². The van der Waals surface area contributed by atoms with Crippen LogP contribution in [0.25, 0.3) is 33.4 Å². The molecular formula is C91H96F9N15O7. The molecule has 122 heavy (non-hydrogen) atoms. The van der Waals surface area contributed by atoms with Crippen molar-refractivity contribution in [2.24, 2.45) is 15.2 Å². The first-order chi connectivity index (χ1) is 58.8. The fourth-order valence-corrected chi connectivity index (χ4v) is 17.0. The number of methoxy groups -OCH3 is 3. The van der Waals surface area contributed by atoms with E-state index in [1.165, 1.54) is 116 Å². The standard InChI is InChI=1S/C31H34F3N5O2.C30H31F3N6O2.C30H31F3N4O3/c1-35-28(31(32,33)34)21-9-6-8-20(16-21)17-26-37-25-19-23-18-22(30(40)41-2)10-11-24(23)27(25)29(38-26)36-12-7-15-39-13-4-3-5-14-39;1-41-28(40)20-9-10-23-21(17-20)18-24-26(23)27(34-11-6-14-39-12-3-2-4-13-39)36-25(35-24)16-19-7-5-8-22(15-19)29(37-38-29)30(31,32)33;1-40-29(39)21-9-10-23-22(17-21)18-24-26(23)28(34-11-6-14-37-12-3-2-4-13-37)36-25(35-24)16-19-7-5-8-20(15-19)27(38)30(31,32)33/h6,8-11,16,18H,3-5,7,12-15,17,19H2,1-2H3,(H,36,37,38);5,7-10,15,17H,2-4,6,11-14,16,18H2,1H3,(H,34,35,36);5,7-10,15,17H,2-4,6,11-14,16,18H2,1H3,(H,34,35,36). The van der Waals surface area contributed by atoms with Crippen LogP contribution in [0.4, 0.5) is 57.0 Å². The lowest BCUT2D eigenvalue weighted by atomic mass is 9.99. The minimum atomic E-state index is -4.94. The van der Waals surface area contributed by atoms with Gasteiger partial charge < -0.3 is 44.9 Å². The lowest BCUT2D eigenvalue weighted by molar-refractivity contribution is -0.166.